The maximum atomic E-state index is 12.5. The predicted molar refractivity (Wildman–Crippen MR) is 98.5 cm³/mol. The molecular formula is C18H25ClN4O. The minimum atomic E-state index is -0.0508. The van der Waals surface area contributed by atoms with E-state index >= 15 is 0 Å². The van der Waals surface area contributed by atoms with Gasteiger partial charge in [-0.05, 0) is 58.3 Å². The molecule has 0 fully saturated rings. The van der Waals surface area contributed by atoms with Crippen LogP contribution < -0.4 is 10.6 Å². The Balaban J connectivity index is 0.00000208. The van der Waals surface area contributed by atoms with Gasteiger partial charge in [-0.3, -0.25) is 4.79 Å². The second-order valence-electron chi connectivity index (χ2n) is 6.09. The van der Waals surface area contributed by atoms with Gasteiger partial charge in [-0.15, -0.1) is 12.4 Å². The number of carbonyl (C=O) groups is 1. The van der Waals surface area contributed by atoms with Crippen LogP contribution >= 0.6 is 12.4 Å². The lowest BCUT2D eigenvalue weighted by Crippen LogP contribution is -2.27. The smallest absolute Gasteiger partial charge is 0.272 e. The molecule has 1 aliphatic rings. The predicted octanol–water partition coefficient (Wildman–Crippen LogP) is 2.43. The average Bonchev–Trinajstić information content (AvgIpc) is 3.14. The van der Waals surface area contributed by atoms with Gasteiger partial charge in [-0.2, -0.15) is 5.10 Å². The summed E-state index contributed by atoms with van der Waals surface area (Å²) in [5, 5.41) is 10.7. The van der Waals surface area contributed by atoms with Gasteiger partial charge in [0.05, 0.1) is 5.69 Å². The van der Waals surface area contributed by atoms with Crippen LogP contribution in [0.2, 0.25) is 0 Å². The van der Waals surface area contributed by atoms with Crippen molar-refractivity contribution in [1.82, 2.24) is 20.4 Å². The number of benzene rings is 1. The van der Waals surface area contributed by atoms with Gasteiger partial charge in [-0.1, -0.05) is 17.7 Å². The number of hydrogen-bond donors (Lipinski definition) is 2. The molecule has 0 spiro atoms. The van der Waals surface area contributed by atoms with Crippen LogP contribution in [-0.2, 0) is 12.8 Å². The summed E-state index contributed by atoms with van der Waals surface area (Å²) in [5.41, 5.74) is 5.16. The van der Waals surface area contributed by atoms with Crippen LogP contribution in [0.25, 0.3) is 5.69 Å². The first kappa shape index (κ1) is 18.5. The van der Waals surface area contributed by atoms with Gasteiger partial charge in [-0.25, -0.2) is 4.68 Å². The zero-order chi connectivity index (χ0) is 16.2. The van der Waals surface area contributed by atoms with E-state index in [1.165, 1.54) is 11.3 Å². The molecule has 6 heteroatoms. The van der Waals surface area contributed by atoms with E-state index in [1.54, 1.807) is 0 Å². The van der Waals surface area contributed by atoms with Crippen LogP contribution in [0.1, 0.15) is 40.2 Å². The highest BCUT2D eigenvalue weighted by Crippen LogP contribution is 2.27. The molecule has 1 heterocycles. The lowest BCUT2D eigenvalue weighted by molar-refractivity contribution is 0.0947. The Labute approximate surface area is 149 Å². The lowest BCUT2D eigenvalue weighted by Gasteiger charge is -2.06. The Kier molecular flexibility index (Phi) is 6.40. The van der Waals surface area contributed by atoms with E-state index < -0.39 is 0 Å². The Hall–Kier alpha value is -1.85. The van der Waals surface area contributed by atoms with Crippen molar-refractivity contribution in [3.05, 3.63) is 46.8 Å². The van der Waals surface area contributed by atoms with Gasteiger partial charge in [0.2, 0.25) is 0 Å². The molecule has 0 bridgehead atoms. The van der Waals surface area contributed by atoms with Crippen LogP contribution in [0, 0.1) is 6.92 Å². The van der Waals surface area contributed by atoms with E-state index in [1.807, 2.05) is 11.7 Å². The van der Waals surface area contributed by atoms with Crippen molar-refractivity contribution < 1.29 is 4.79 Å². The topological polar surface area (TPSA) is 58.9 Å². The highest BCUT2D eigenvalue weighted by atomic mass is 35.5. The van der Waals surface area contributed by atoms with E-state index in [4.69, 9.17) is 0 Å². The van der Waals surface area contributed by atoms with Gasteiger partial charge < -0.3 is 10.6 Å². The molecule has 0 atom stereocenters. The van der Waals surface area contributed by atoms with Gasteiger partial charge >= 0.3 is 0 Å². The summed E-state index contributed by atoms with van der Waals surface area (Å²) >= 11 is 0. The number of carbonyl (C=O) groups excluding carboxylic acids is 1. The first-order valence-corrected chi connectivity index (χ1v) is 8.31. The van der Waals surface area contributed by atoms with E-state index in [9.17, 15) is 4.79 Å². The number of fused-ring (bicyclic) bond motifs is 1. The van der Waals surface area contributed by atoms with Crippen molar-refractivity contribution in [3.63, 3.8) is 0 Å². The first-order chi connectivity index (χ1) is 11.2. The number of aromatic nitrogens is 2. The third kappa shape index (κ3) is 3.79. The largest absolute Gasteiger partial charge is 0.351 e. The normalized spacial score (nSPS) is 12.6. The highest BCUT2D eigenvalue weighted by Gasteiger charge is 2.26. The molecule has 2 N–H and O–H groups in total. The fourth-order valence-corrected chi connectivity index (χ4v) is 3.07. The molecule has 1 amide bonds. The van der Waals surface area contributed by atoms with Crippen molar-refractivity contribution in [2.24, 2.45) is 0 Å². The summed E-state index contributed by atoms with van der Waals surface area (Å²) in [6.45, 7) is 3.64. The van der Waals surface area contributed by atoms with Crippen LogP contribution in [0.15, 0.2) is 24.3 Å². The summed E-state index contributed by atoms with van der Waals surface area (Å²) in [6, 6.07) is 8.29. The van der Waals surface area contributed by atoms with Gasteiger partial charge in [0.15, 0.2) is 5.69 Å². The zero-order valence-corrected chi connectivity index (χ0v) is 15.1. The van der Waals surface area contributed by atoms with Crippen LogP contribution in [0.3, 0.4) is 0 Å². The fourth-order valence-electron chi connectivity index (χ4n) is 3.07. The number of amides is 1. The maximum Gasteiger partial charge on any atom is 0.272 e. The van der Waals surface area contributed by atoms with E-state index in [0.717, 1.165) is 43.5 Å². The molecule has 0 radical (unpaired) electrons. The van der Waals surface area contributed by atoms with Crippen molar-refractivity contribution in [3.8, 4) is 5.69 Å². The molecule has 0 saturated heterocycles. The monoisotopic (exact) mass is 348 g/mol. The number of aryl methyl sites for hydroxylation is 1. The van der Waals surface area contributed by atoms with Crippen molar-refractivity contribution in [2.45, 2.75) is 32.6 Å². The molecule has 130 valence electrons. The number of rotatable bonds is 6. The summed E-state index contributed by atoms with van der Waals surface area (Å²) in [5.74, 6) is -0.0508. The summed E-state index contributed by atoms with van der Waals surface area (Å²) in [7, 11) is 1.91. The first-order valence-electron chi connectivity index (χ1n) is 8.31. The average molecular weight is 349 g/mol. The minimum Gasteiger partial charge on any atom is -0.351 e. The Bertz CT molecular complexity index is 694. The highest BCUT2D eigenvalue weighted by molar-refractivity contribution is 5.94. The third-order valence-electron chi connectivity index (χ3n) is 4.31. The van der Waals surface area contributed by atoms with Gasteiger partial charge in [0.25, 0.3) is 5.91 Å². The van der Waals surface area contributed by atoms with Crippen LogP contribution in [-0.4, -0.2) is 35.8 Å². The van der Waals surface area contributed by atoms with Crippen LogP contribution in [0.4, 0.5) is 0 Å². The van der Waals surface area contributed by atoms with Crippen molar-refractivity contribution in [1.29, 1.82) is 0 Å². The lowest BCUT2D eigenvalue weighted by atomic mass is 10.2. The second kappa shape index (κ2) is 8.31. The van der Waals surface area contributed by atoms with Gasteiger partial charge in [0, 0.05) is 17.8 Å². The number of nitrogens with one attached hydrogen (secondary N) is 2. The molecule has 5 nitrogen and oxygen atoms in total. The molecule has 2 aromatic rings. The van der Waals surface area contributed by atoms with Crippen LogP contribution in [0.5, 0.6) is 0 Å². The molecule has 0 aliphatic heterocycles. The quantitative estimate of drug-likeness (QED) is 0.788. The summed E-state index contributed by atoms with van der Waals surface area (Å²) in [4.78, 5) is 12.5. The second-order valence-corrected chi connectivity index (χ2v) is 6.09. The molecule has 24 heavy (non-hydrogen) atoms. The number of hydrogen-bond acceptors (Lipinski definition) is 3. The summed E-state index contributed by atoms with van der Waals surface area (Å²) < 4.78 is 1.95. The Morgan fingerprint density at radius 2 is 1.96 bits per heavy atom. The fraction of sp³-hybridized carbons (Fsp3) is 0.444. The number of halogens is 1. The van der Waals surface area contributed by atoms with E-state index in [2.05, 4.69) is 46.9 Å². The molecule has 3 rings (SSSR count). The molecule has 1 aliphatic carbocycles. The molecule has 1 aromatic heterocycles. The van der Waals surface area contributed by atoms with Crippen molar-refractivity contribution in [2.75, 3.05) is 20.1 Å². The van der Waals surface area contributed by atoms with E-state index in [-0.39, 0.29) is 18.3 Å². The maximum absolute atomic E-state index is 12.5. The molecular weight excluding hydrogens is 324 g/mol. The van der Waals surface area contributed by atoms with E-state index in [0.29, 0.717) is 12.2 Å². The minimum absolute atomic E-state index is 0. The standard InChI is InChI=1S/C18H24N4O.ClH/c1-13-7-9-14(10-8-13)22-16-6-3-5-15(16)17(21-22)18(23)20-12-4-11-19-2;/h7-10,19H,3-6,11-12H2,1-2H3,(H,20,23);1H. The zero-order valence-electron chi connectivity index (χ0n) is 14.3. The SMILES string of the molecule is CNCCCNC(=O)c1nn(-c2ccc(C)cc2)c2c1CCC2.Cl. The Morgan fingerprint density at radius 3 is 2.67 bits per heavy atom. The Morgan fingerprint density at radius 1 is 1.21 bits per heavy atom. The van der Waals surface area contributed by atoms with Gasteiger partial charge in [0.1, 0.15) is 0 Å². The van der Waals surface area contributed by atoms with Crippen molar-refractivity contribution >= 4 is 18.3 Å². The molecule has 0 unspecified atom stereocenters. The molecule has 0 saturated carbocycles. The summed E-state index contributed by atoms with van der Waals surface area (Å²) in [6.07, 6.45) is 3.95. The number of nitrogens with zero attached hydrogens (tertiary/aromatic N) is 2. The molecule has 1 aromatic carbocycles. The third-order valence-corrected chi connectivity index (χ3v) is 4.31.